The molecule has 33 heavy (non-hydrogen) atoms. The van der Waals surface area contributed by atoms with E-state index < -0.39 is 0 Å². The van der Waals surface area contributed by atoms with Crippen LogP contribution in [0.3, 0.4) is 0 Å². The molecule has 6 heteroatoms. The number of benzene rings is 3. The molecule has 0 aliphatic heterocycles. The summed E-state index contributed by atoms with van der Waals surface area (Å²) in [5.41, 5.74) is 3.86. The molecule has 1 heterocycles. The van der Waals surface area contributed by atoms with Crippen molar-refractivity contribution in [1.29, 1.82) is 0 Å². The molecule has 0 radical (unpaired) electrons. The second-order valence-electron chi connectivity index (χ2n) is 9.02. The van der Waals surface area contributed by atoms with Gasteiger partial charge in [-0.05, 0) is 50.1 Å². The van der Waals surface area contributed by atoms with E-state index in [0.29, 0.717) is 23.9 Å². The van der Waals surface area contributed by atoms with Gasteiger partial charge in [-0.1, -0.05) is 84.0 Å². The van der Waals surface area contributed by atoms with E-state index in [1.807, 2.05) is 59.5 Å². The Labute approximate surface area is 204 Å². The summed E-state index contributed by atoms with van der Waals surface area (Å²) in [5, 5.41) is 1.47. The first kappa shape index (κ1) is 23.4. The monoisotopic (exact) mass is 477 g/mol. The van der Waals surface area contributed by atoms with Crippen molar-refractivity contribution in [2.24, 2.45) is 0 Å². The average Bonchev–Trinajstić information content (AvgIpc) is 3.12. The van der Waals surface area contributed by atoms with Gasteiger partial charge in [0, 0.05) is 17.1 Å². The van der Waals surface area contributed by atoms with Crippen molar-refractivity contribution in [3.63, 3.8) is 0 Å². The normalized spacial score (nSPS) is 11.6. The first-order valence-corrected chi connectivity index (χ1v) is 12.3. The van der Waals surface area contributed by atoms with Gasteiger partial charge >= 0.3 is 0 Å². The van der Waals surface area contributed by atoms with Crippen LogP contribution in [0.15, 0.2) is 84.0 Å². The fraction of sp³-hybridized carbons (Fsp3) is 0.259. The number of hydrogen-bond acceptors (Lipinski definition) is 3. The Morgan fingerprint density at radius 1 is 0.970 bits per heavy atom. The van der Waals surface area contributed by atoms with Gasteiger partial charge in [0.1, 0.15) is 0 Å². The van der Waals surface area contributed by atoms with Crippen LogP contribution in [-0.2, 0) is 17.9 Å². The number of halogens is 1. The molecule has 0 spiro atoms. The second kappa shape index (κ2) is 10.0. The van der Waals surface area contributed by atoms with Crippen LogP contribution in [0.1, 0.15) is 31.9 Å². The number of thioether (sulfide) groups is 1. The number of hydrogen-bond donors (Lipinski definition) is 0. The van der Waals surface area contributed by atoms with Crippen molar-refractivity contribution in [1.82, 2.24) is 14.5 Å². The van der Waals surface area contributed by atoms with Crippen molar-refractivity contribution in [2.45, 2.75) is 44.6 Å². The number of carbonyl (C=O) groups is 1. The molecule has 170 valence electrons. The van der Waals surface area contributed by atoms with Crippen molar-refractivity contribution >= 4 is 40.3 Å². The van der Waals surface area contributed by atoms with Gasteiger partial charge in [0.15, 0.2) is 5.16 Å². The van der Waals surface area contributed by atoms with Crippen molar-refractivity contribution in [3.05, 3.63) is 95.0 Å². The van der Waals surface area contributed by atoms with Gasteiger partial charge in [0.05, 0.1) is 23.3 Å². The highest BCUT2D eigenvalue weighted by Crippen LogP contribution is 2.28. The molecule has 1 aromatic heterocycles. The molecule has 0 N–H and O–H groups in total. The summed E-state index contributed by atoms with van der Waals surface area (Å²) >= 11 is 7.70. The van der Waals surface area contributed by atoms with Crippen LogP contribution in [0.4, 0.5) is 0 Å². The lowest BCUT2D eigenvalue weighted by Crippen LogP contribution is -2.45. The fourth-order valence-corrected chi connectivity index (χ4v) is 4.84. The van der Waals surface area contributed by atoms with Crippen LogP contribution in [-0.4, -0.2) is 31.6 Å². The first-order valence-electron chi connectivity index (χ1n) is 11.0. The topological polar surface area (TPSA) is 38.1 Å². The number of carbonyl (C=O) groups excluding carboxylic acids is 1. The van der Waals surface area contributed by atoms with Gasteiger partial charge in [0.2, 0.25) is 5.91 Å². The predicted octanol–water partition coefficient (Wildman–Crippen LogP) is 6.66. The summed E-state index contributed by atoms with van der Waals surface area (Å²) in [6.45, 7) is 7.49. The number of fused-ring (bicyclic) bond motifs is 1. The quantitative estimate of drug-likeness (QED) is 0.279. The highest BCUT2D eigenvalue weighted by Gasteiger charge is 2.27. The molecule has 4 nitrogen and oxygen atoms in total. The Hall–Kier alpha value is -2.76. The van der Waals surface area contributed by atoms with Gasteiger partial charge in [-0.3, -0.25) is 4.79 Å². The molecule has 1 amide bonds. The van der Waals surface area contributed by atoms with Gasteiger partial charge in [0.25, 0.3) is 0 Å². The van der Waals surface area contributed by atoms with Crippen molar-refractivity contribution in [2.75, 3.05) is 5.75 Å². The summed E-state index contributed by atoms with van der Waals surface area (Å²) < 4.78 is 2.16. The minimum Gasteiger partial charge on any atom is -0.333 e. The number of amides is 1. The summed E-state index contributed by atoms with van der Waals surface area (Å²) in [4.78, 5) is 20.1. The third-order valence-corrected chi connectivity index (χ3v) is 6.67. The lowest BCUT2D eigenvalue weighted by Gasteiger charge is -2.36. The Bertz CT molecular complexity index is 1230. The number of imidazole rings is 1. The van der Waals surface area contributed by atoms with E-state index in [-0.39, 0.29) is 11.4 Å². The molecule has 3 aromatic carbocycles. The van der Waals surface area contributed by atoms with E-state index in [1.54, 1.807) is 0 Å². The molecule has 0 saturated heterocycles. The number of rotatable bonds is 7. The summed E-state index contributed by atoms with van der Waals surface area (Å²) in [5.74, 6) is 0.406. The Morgan fingerprint density at radius 2 is 1.61 bits per heavy atom. The minimum atomic E-state index is -0.287. The highest BCUT2D eigenvalue weighted by molar-refractivity contribution is 7.99. The van der Waals surface area contributed by atoms with Crippen LogP contribution in [0.25, 0.3) is 11.0 Å². The molecule has 0 aliphatic rings. The fourth-order valence-electron chi connectivity index (χ4n) is 3.78. The first-order chi connectivity index (χ1) is 15.8. The highest BCUT2D eigenvalue weighted by atomic mass is 35.5. The van der Waals surface area contributed by atoms with Crippen LogP contribution in [0.2, 0.25) is 5.02 Å². The van der Waals surface area contributed by atoms with E-state index in [1.165, 1.54) is 17.3 Å². The zero-order valence-corrected chi connectivity index (χ0v) is 20.7. The van der Waals surface area contributed by atoms with Crippen LogP contribution >= 0.6 is 23.4 Å². The van der Waals surface area contributed by atoms with Crippen LogP contribution in [0, 0.1) is 0 Å². The largest absolute Gasteiger partial charge is 0.333 e. The molecular weight excluding hydrogens is 450 g/mol. The second-order valence-corrected chi connectivity index (χ2v) is 10.4. The molecule has 4 rings (SSSR count). The van der Waals surface area contributed by atoms with E-state index in [2.05, 4.69) is 49.6 Å². The van der Waals surface area contributed by atoms with Gasteiger partial charge in [-0.2, -0.15) is 0 Å². The third-order valence-electron chi connectivity index (χ3n) is 5.48. The maximum atomic E-state index is 13.4. The average molecular weight is 478 g/mol. The predicted molar refractivity (Wildman–Crippen MR) is 138 cm³/mol. The molecule has 0 fully saturated rings. The maximum Gasteiger partial charge on any atom is 0.233 e. The zero-order chi connectivity index (χ0) is 23.4. The Kier molecular flexibility index (Phi) is 7.11. The summed E-state index contributed by atoms with van der Waals surface area (Å²) in [6.07, 6.45) is 0. The standard InChI is InChI=1S/C27H28ClN3OS/c1-27(2,3)31(18-21-12-8-5-9-13-21)25(32)19-33-26-29-23-16-22(28)14-15-24(23)30(26)17-20-10-6-4-7-11-20/h4-16H,17-19H2,1-3H3. The van der Waals surface area contributed by atoms with Crippen LogP contribution < -0.4 is 0 Å². The smallest absolute Gasteiger partial charge is 0.233 e. The maximum absolute atomic E-state index is 13.4. The molecule has 4 aromatic rings. The molecule has 0 atom stereocenters. The Balaban J connectivity index is 1.58. The van der Waals surface area contributed by atoms with Gasteiger partial charge in [-0.25, -0.2) is 4.98 Å². The summed E-state index contributed by atoms with van der Waals surface area (Å²) in [6, 6.07) is 26.2. The lowest BCUT2D eigenvalue weighted by atomic mass is 10.0. The Morgan fingerprint density at radius 3 is 2.24 bits per heavy atom. The van der Waals surface area contributed by atoms with Gasteiger partial charge in [-0.15, -0.1) is 0 Å². The lowest BCUT2D eigenvalue weighted by molar-refractivity contribution is -0.133. The molecular formula is C27H28ClN3OS. The number of nitrogens with zero attached hydrogens (tertiary/aromatic N) is 3. The molecule has 0 saturated carbocycles. The van der Waals surface area contributed by atoms with Crippen molar-refractivity contribution < 1.29 is 4.79 Å². The van der Waals surface area contributed by atoms with E-state index in [4.69, 9.17) is 16.6 Å². The van der Waals surface area contributed by atoms with E-state index >= 15 is 0 Å². The molecule has 0 bridgehead atoms. The van der Waals surface area contributed by atoms with Crippen molar-refractivity contribution in [3.8, 4) is 0 Å². The molecule has 0 unspecified atom stereocenters. The minimum absolute atomic E-state index is 0.0905. The zero-order valence-electron chi connectivity index (χ0n) is 19.2. The van der Waals surface area contributed by atoms with Crippen LogP contribution in [0.5, 0.6) is 0 Å². The van der Waals surface area contributed by atoms with E-state index in [0.717, 1.165) is 21.8 Å². The third kappa shape index (κ3) is 5.79. The van der Waals surface area contributed by atoms with E-state index in [9.17, 15) is 4.79 Å². The SMILES string of the molecule is CC(C)(C)N(Cc1ccccc1)C(=O)CSc1nc2cc(Cl)ccc2n1Cc1ccccc1. The number of aromatic nitrogens is 2. The van der Waals surface area contributed by atoms with Gasteiger partial charge < -0.3 is 9.47 Å². The molecule has 0 aliphatic carbocycles. The summed E-state index contributed by atoms with van der Waals surface area (Å²) in [7, 11) is 0.